The fraction of sp³-hybridized carbons (Fsp3) is 0.0952. The molecular formula is C21H15N3O2. The minimum atomic E-state index is -0.642. The van der Waals surface area contributed by atoms with Crippen LogP contribution in [0.3, 0.4) is 0 Å². The molecule has 0 bridgehead atoms. The second-order valence-corrected chi connectivity index (χ2v) is 5.99. The summed E-state index contributed by atoms with van der Waals surface area (Å²) in [7, 11) is 0. The van der Waals surface area contributed by atoms with Crippen LogP contribution in [0.2, 0.25) is 0 Å². The molecule has 0 saturated carbocycles. The Morgan fingerprint density at radius 2 is 1.92 bits per heavy atom. The molecule has 1 atom stereocenters. The highest BCUT2D eigenvalue weighted by atomic mass is 16.5. The second kappa shape index (κ2) is 6.69. The van der Waals surface area contributed by atoms with Gasteiger partial charge in [0.25, 0.3) is 5.91 Å². The minimum absolute atomic E-state index is 0.151. The number of aromatic nitrogens is 1. The van der Waals surface area contributed by atoms with Gasteiger partial charge >= 0.3 is 0 Å². The molecule has 126 valence electrons. The van der Waals surface area contributed by atoms with E-state index in [1.165, 1.54) is 0 Å². The lowest BCUT2D eigenvalue weighted by Gasteiger charge is -2.19. The molecule has 1 aromatic heterocycles. The van der Waals surface area contributed by atoms with Gasteiger partial charge in [-0.1, -0.05) is 24.3 Å². The Morgan fingerprint density at radius 3 is 2.65 bits per heavy atom. The van der Waals surface area contributed by atoms with E-state index < -0.39 is 6.04 Å². The largest absolute Gasteiger partial charge is 0.457 e. The molecule has 0 saturated heterocycles. The summed E-state index contributed by atoms with van der Waals surface area (Å²) in [5.74, 6) is 1.16. The Balaban J connectivity index is 1.64. The lowest BCUT2D eigenvalue weighted by molar-refractivity contribution is 0.0744. The van der Waals surface area contributed by atoms with Crippen LogP contribution in [0.25, 0.3) is 0 Å². The monoisotopic (exact) mass is 341 g/mol. The van der Waals surface area contributed by atoms with Crippen molar-refractivity contribution in [1.82, 2.24) is 9.88 Å². The van der Waals surface area contributed by atoms with Crippen LogP contribution in [-0.4, -0.2) is 15.8 Å². The average Bonchev–Trinajstić information content (AvgIpc) is 2.94. The molecule has 2 aromatic carbocycles. The van der Waals surface area contributed by atoms with E-state index in [0.29, 0.717) is 29.2 Å². The number of fused-ring (bicyclic) bond motifs is 1. The van der Waals surface area contributed by atoms with Crippen LogP contribution in [0.4, 0.5) is 0 Å². The molecule has 5 heteroatoms. The maximum absolute atomic E-state index is 12.8. The van der Waals surface area contributed by atoms with E-state index >= 15 is 0 Å². The second-order valence-electron chi connectivity index (χ2n) is 5.99. The molecule has 1 unspecified atom stereocenters. The first-order valence-corrected chi connectivity index (χ1v) is 8.22. The van der Waals surface area contributed by atoms with Gasteiger partial charge in [-0.3, -0.25) is 9.78 Å². The van der Waals surface area contributed by atoms with Crippen LogP contribution in [0.15, 0.2) is 73.1 Å². The number of nitriles is 1. The first-order chi connectivity index (χ1) is 12.8. The highest BCUT2D eigenvalue weighted by molar-refractivity contribution is 5.99. The van der Waals surface area contributed by atoms with Crippen molar-refractivity contribution in [3.8, 4) is 17.6 Å². The fourth-order valence-electron chi connectivity index (χ4n) is 3.08. The number of pyridine rings is 1. The molecular weight excluding hydrogens is 326 g/mol. The lowest BCUT2D eigenvalue weighted by atomic mass is 10.1. The highest BCUT2D eigenvalue weighted by Crippen LogP contribution is 2.37. The standard InChI is InChI=1S/C21H15N3O2/c22-12-20-19-11-17(26-16-6-2-1-3-7-16)8-9-18(19)21(25)24(20)14-15-5-4-10-23-13-15/h1-11,13,20H,14H2. The number of benzene rings is 2. The van der Waals surface area contributed by atoms with Gasteiger partial charge in [-0.15, -0.1) is 0 Å². The van der Waals surface area contributed by atoms with E-state index in [0.717, 1.165) is 5.56 Å². The van der Waals surface area contributed by atoms with Crippen LogP contribution < -0.4 is 4.74 Å². The van der Waals surface area contributed by atoms with Crippen molar-refractivity contribution in [2.45, 2.75) is 12.6 Å². The molecule has 0 fully saturated rings. The average molecular weight is 341 g/mol. The van der Waals surface area contributed by atoms with E-state index in [9.17, 15) is 10.1 Å². The van der Waals surface area contributed by atoms with Crippen molar-refractivity contribution >= 4 is 5.91 Å². The predicted molar refractivity (Wildman–Crippen MR) is 95.4 cm³/mol. The number of para-hydroxylation sites is 1. The summed E-state index contributed by atoms with van der Waals surface area (Å²) < 4.78 is 5.84. The summed E-state index contributed by atoms with van der Waals surface area (Å²) in [4.78, 5) is 18.4. The lowest BCUT2D eigenvalue weighted by Crippen LogP contribution is -2.26. The SMILES string of the molecule is N#CC1c2cc(Oc3ccccc3)ccc2C(=O)N1Cc1cccnc1. The van der Waals surface area contributed by atoms with Crippen molar-refractivity contribution in [2.24, 2.45) is 0 Å². The molecule has 0 spiro atoms. The third kappa shape index (κ3) is 2.89. The fourth-order valence-corrected chi connectivity index (χ4v) is 3.08. The van der Waals surface area contributed by atoms with Gasteiger partial charge < -0.3 is 9.64 Å². The van der Waals surface area contributed by atoms with E-state index in [-0.39, 0.29) is 5.91 Å². The number of carbonyl (C=O) groups excluding carboxylic acids is 1. The molecule has 0 N–H and O–H groups in total. The Kier molecular flexibility index (Phi) is 4.08. The zero-order valence-electron chi connectivity index (χ0n) is 13.9. The van der Waals surface area contributed by atoms with Crippen LogP contribution >= 0.6 is 0 Å². The highest BCUT2D eigenvalue weighted by Gasteiger charge is 2.37. The van der Waals surface area contributed by atoms with E-state index in [4.69, 9.17) is 4.74 Å². The quantitative estimate of drug-likeness (QED) is 0.717. The molecule has 0 radical (unpaired) electrons. The summed E-state index contributed by atoms with van der Waals surface area (Å²) >= 11 is 0. The molecule has 3 aromatic rings. The predicted octanol–water partition coefficient (Wildman–Crippen LogP) is 4.09. The summed E-state index contributed by atoms with van der Waals surface area (Å²) in [5.41, 5.74) is 2.10. The van der Waals surface area contributed by atoms with E-state index in [1.54, 1.807) is 35.5 Å². The van der Waals surface area contributed by atoms with Crippen molar-refractivity contribution in [3.63, 3.8) is 0 Å². The number of nitrogens with zero attached hydrogens (tertiary/aromatic N) is 3. The molecule has 1 aliphatic heterocycles. The van der Waals surface area contributed by atoms with Crippen LogP contribution in [0, 0.1) is 11.3 Å². The van der Waals surface area contributed by atoms with Gasteiger partial charge in [0.05, 0.1) is 6.07 Å². The number of hydrogen-bond acceptors (Lipinski definition) is 4. The zero-order chi connectivity index (χ0) is 17.9. The van der Waals surface area contributed by atoms with Crippen molar-refractivity contribution < 1.29 is 9.53 Å². The molecule has 26 heavy (non-hydrogen) atoms. The molecule has 0 aliphatic carbocycles. The van der Waals surface area contributed by atoms with Gasteiger partial charge in [-0.25, -0.2) is 0 Å². The summed E-state index contributed by atoms with van der Waals surface area (Å²) in [5, 5.41) is 9.66. The Hall–Kier alpha value is -3.65. The summed E-state index contributed by atoms with van der Waals surface area (Å²) in [6.07, 6.45) is 3.38. The number of ether oxygens (including phenoxy) is 1. The summed E-state index contributed by atoms with van der Waals surface area (Å²) in [6, 6.07) is 20.0. The molecule has 5 nitrogen and oxygen atoms in total. The number of carbonyl (C=O) groups is 1. The van der Waals surface area contributed by atoms with Crippen molar-refractivity contribution in [2.75, 3.05) is 0 Å². The number of rotatable bonds is 4. The number of amides is 1. The Labute approximate surface area is 151 Å². The van der Waals surface area contributed by atoms with Gasteiger partial charge in [0.15, 0.2) is 0 Å². The topological polar surface area (TPSA) is 66.2 Å². The maximum atomic E-state index is 12.8. The van der Waals surface area contributed by atoms with Gasteiger partial charge in [0.1, 0.15) is 17.5 Å². The smallest absolute Gasteiger partial charge is 0.255 e. The van der Waals surface area contributed by atoms with Crippen LogP contribution in [-0.2, 0) is 6.54 Å². The normalized spacial score (nSPS) is 15.4. The van der Waals surface area contributed by atoms with Crippen LogP contribution in [0.1, 0.15) is 27.5 Å². The number of hydrogen-bond donors (Lipinski definition) is 0. The van der Waals surface area contributed by atoms with Gasteiger partial charge in [-0.05, 0) is 42.0 Å². The van der Waals surface area contributed by atoms with Crippen molar-refractivity contribution in [3.05, 3.63) is 89.7 Å². The van der Waals surface area contributed by atoms with E-state index in [2.05, 4.69) is 11.1 Å². The molecule has 2 heterocycles. The molecule has 1 amide bonds. The van der Waals surface area contributed by atoms with Crippen molar-refractivity contribution in [1.29, 1.82) is 5.26 Å². The Bertz CT molecular complexity index is 981. The molecule has 1 aliphatic rings. The minimum Gasteiger partial charge on any atom is -0.457 e. The third-order valence-electron chi connectivity index (χ3n) is 4.30. The first-order valence-electron chi connectivity index (χ1n) is 8.22. The first kappa shape index (κ1) is 15.9. The Morgan fingerprint density at radius 1 is 1.08 bits per heavy atom. The summed E-state index contributed by atoms with van der Waals surface area (Å²) in [6.45, 7) is 0.342. The van der Waals surface area contributed by atoms with Gasteiger partial charge in [-0.2, -0.15) is 5.26 Å². The van der Waals surface area contributed by atoms with Gasteiger partial charge in [0.2, 0.25) is 0 Å². The zero-order valence-corrected chi connectivity index (χ0v) is 13.9. The third-order valence-corrected chi connectivity index (χ3v) is 4.30. The van der Waals surface area contributed by atoms with E-state index in [1.807, 2.05) is 42.5 Å². The maximum Gasteiger partial charge on any atom is 0.255 e. The van der Waals surface area contributed by atoms with Crippen LogP contribution in [0.5, 0.6) is 11.5 Å². The molecule has 4 rings (SSSR count). The van der Waals surface area contributed by atoms with Gasteiger partial charge in [0, 0.05) is 30.1 Å².